The van der Waals surface area contributed by atoms with Gasteiger partial charge in [0, 0.05) is 19.1 Å². The zero-order chi connectivity index (χ0) is 11.4. The lowest BCUT2D eigenvalue weighted by Gasteiger charge is -2.35. The van der Waals surface area contributed by atoms with Gasteiger partial charge >= 0.3 is 0 Å². The van der Waals surface area contributed by atoms with Gasteiger partial charge in [0.25, 0.3) is 0 Å². The third-order valence-electron chi connectivity index (χ3n) is 4.07. The Kier molecular flexibility index (Phi) is 4.45. The molecule has 2 aliphatic rings. The highest BCUT2D eigenvalue weighted by Gasteiger charge is 2.22. The van der Waals surface area contributed by atoms with Gasteiger partial charge in [-0.2, -0.15) is 0 Å². The number of rotatable bonds is 2. The van der Waals surface area contributed by atoms with E-state index >= 15 is 0 Å². The number of nitrogens with zero attached hydrogens (tertiary/aromatic N) is 1. The van der Waals surface area contributed by atoms with Crippen molar-refractivity contribution >= 4 is 17.3 Å². The summed E-state index contributed by atoms with van der Waals surface area (Å²) in [6.07, 6.45) is 9.36. The average molecular weight is 240 g/mol. The molecular formula is C13H24N2S. The second-order valence-corrected chi connectivity index (χ2v) is 5.68. The van der Waals surface area contributed by atoms with E-state index in [4.69, 9.17) is 12.2 Å². The van der Waals surface area contributed by atoms with Gasteiger partial charge in [0.15, 0.2) is 5.11 Å². The second-order valence-electron chi connectivity index (χ2n) is 5.29. The molecule has 92 valence electrons. The molecule has 0 spiro atoms. The molecule has 1 heterocycles. The van der Waals surface area contributed by atoms with Gasteiger partial charge < -0.3 is 10.2 Å². The molecule has 1 aliphatic carbocycles. The Morgan fingerprint density at radius 3 is 2.69 bits per heavy atom. The molecular weight excluding hydrogens is 216 g/mol. The van der Waals surface area contributed by atoms with Crippen LogP contribution in [0.25, 0.3) is 0 Å². The summed E-state index contributed by atoms with van der Waals surface area (Å²) in [4.78, 5) is 2.39. The van der Waals surface area contributed by atoms with Crippen molar-refractivity contribution < 1.29 is 0 Å². The molecule has 0 amide bonds. The molecule has 2 fully saturated rings. The minimum atomic E-state index is 0.662. The Hall–Kier alpha value is -0.310. The van der Waals surface area contributed by atoms with Crippen LogP contribution in [0.5, 0.6) is 0 Å². The van der Waals surface area contributed by atoms with Crippen molar-refractivity contribution in [2.24, 2.45) is 5.92 Å². The molecule has 0 aromatic carbocycles. The maximum absolute atomic E-state index is 5.53. The van der Waals surface area contributed by atoms with E-state index in [1.165, 1.54) is 51.5 Å². The van der Waals surface area contributed by atoms with E-state index in [1.807, 2.05) is 0 Å². The third-order valence-corrected chi connectivity index (χ3v) is 4.44. The van der Waals surface area contributed by atoms with E-state index in [-0.39, 0.29) is 0 Å². The van der Waals surface area contributed by atoms with Crippen LogP contribution in [0, 0.1) is 5.92 Å². The van der Waals surface area contributed by atoms with Crippen LogP contribution in [0.4, 0.5) is 0 Å². The molecule has 0 radical (unpaired) electrons. The molecule has 0 aromatic heterocycles. The van der Waals surface area contributed by atoms with Crippen molar-refractivity contribution in [1.29, 1.82) is 0 Å². The predicted molar refractivity (Wildman–Crippen MR) is 72.6 cm³/mol. The van der Waals surface area contributed by atoms with Crippen molar-refractivity contribution in [3.05, 3.63) is 0 Å². The summed E-state index contributed by atoms with van der Waals surface area (Å²) in [5.74, 6) is 0.858. The zero-order valence-corrected chi connectivity index (χ0v) is 11.2. The van der Waals surface area contributed by atoms with Crippen molar-refractivity contribution in [3.8, 4) is 0 Å². The highest BCUT2D eigenvalue weighted by molar-refractivity contribution is 7.80. The summed E-state index contributed by atoms with van der Waals surface area (Å²) in [5, 5.41) is 4.57. The maximum atomic E-state index is 5.53. The molecule has 0 aromatic rings. The Morgan fingerprint density at radius 2 is 2.00 bits per heavy atom. The minimum Gasteiger partial charge on any atom is -0.360 e. The standard InChI is InChI=1S/C13H24N2S/c1-2-11-6-5-9-15(10-11)13(16)14-12-7-3-4-8-12/h11-12H,2-10H2,1H3,(H,14,16). The first-order valence-electron chi connectivity index (χ1n) is 6.85. The fourth-order valence-electron chi connectivity index (χ4n) is 2.92. The van der Waals surface area contributed by atoms with Crippen LogP contribution in [-0.2, 0) is 0 Å². The summed E-state index contributed by atoms with van der Waals surface area (Å²) in [6, 6.07) is 0.662. The first kappa shape index (κ1) is 12.2. The van der Waals surface area contributed by atoms with Gasteiger partial charge in [-0.15, -0.1) is 0 Å². The molecule has 2 nitrogen and oxygen atoms in total. The lowest BCUT2D eigenvalue weighted by atomic mass is 9.96. The molecule has 1 saturated heterocycles. The normalized spacial score (nSPS) is 27.1. The van der Waals surface area contributed by atoms with Gasteiger partial charge in [-0.1, -0.05) is 26.2 Å². The third kappa shape index (κ3) is 3.09. The fraction of sp³-hybridized carbons (Fsp3) is 0.923. The topological polar surface area (TPSA) is 15.3 Å². The minimum absolute atomic E-state index is 0.662. The number of piperidine rings is 1. The highest BCUT2D eigenvalue weighted by atomic mass is 32.1. The Morgan fingerprint density at radius 1 is 1.25 bits per heavy atom. The quantitative estimate of drug-likeness (QED) is 0.747. The number of hydrogen-bond donors (Lipinski definition) is 1. The summed E-state index contributed by atoms with van der Waals surface area (Å²) >= 11 is 5.53. The van der Waals surface area contributed by atoms with Gasteiger partial charge in [0.2, 0.25) is 0 Å². The molecule has 1 atom stereocenters. The highest BCUT2D eigenvalue weighted by Crippen LogP contribution is 2.21. The molecule has 16 heavy (non-hydrogen) atoms. The van der Waals surface area contributed by atoms with Gasteiger partial charge in [-0.05, 0) is 43.8 Å². The molecule has 1 N–H and O–H groups in total. The van der Waals surface area contributed by atoms with Gasteiger partial charge in [-0.3, -0.25) is 0 Å². The number of nitrogens with one attached hydrogen (secondary N) is 1. The van der Waals surface area contributed by atoms with Crippen molar-refractivity contribution in [3.63, 3.8) is 0 Å². The van der Waals surface area contributed by atoms with Crippen LogP contribution in [-0.4, -0.2) is 29.1 Å². The van der Waals surface area contributed by atoms with E-state index in [1.54, 1.807) is 0 Å². The van der Waals surface area contributed by atoms with Crippen molar-refractivity contribution in [2.45, 2.75) is 57.9 Å². The molecule has 1 aliphatic heterocycles. The van der Waals surface area contributed by atoms with Crippen LogP contribution in [0.2, 0.25) is 0 Å². The van der Waals surface area contributed by atoms with Crippen LogP contribution < -0.4 is 5.32 Å². The molecule has 1 saturated carbocycles. The number of hydrogen-bond acceptors (Lipinski definition) is 1. The molecule has 1 unspecified atom stereocenters. The van der Waals surface area contributed by atoms with Crippen molar-refractivity contribution in [2.75, 3.05) is 13.1 Å². The Bertz CT molecular complexity index is 236. The predicted octanol–water partition coefficient (Wildman–Crippen LogP) is 2.93. The summed E-state index contributed by atoms with van der Waals surface area (Å²) in [5.41, 5.74) is 0. The van der Waals surface area contributed by atoms with E-state index in [9.17, 15) is 0 Å². The second kappa shape index (κ2) is 5.85. The smallest absolute Gasteiger partial charge is 0.169 e. The summed E-state index contributed by atoms with van der Waals surface area (Å²) in [6.45, 7) is 4.63. The number of thiocarbonyl (C=S) groups is 1. The van der Waals surface area contributed by atoms with E-state index in [0.717, 1.165) is 17.6 Å². The molecule has 0 bridgehead atoms. The Labute approximate surface area is 105 Å². The van der Waals surface area contributed by atoms with Gasteiger partial charge in [0.05, 0.1) is 0 Å². The average Bonchev–Trinajstić information content (AvgIpc) is 2.82. The summed E-state index contributed by atoms with van der Waals surface area (Å²) < 4.78 is 0. The van der Waals surface area contributed by atoms with E-state index in [2.05, 4.69) is 17.1 Å². The lowest BCUT2D eigenvalue weighted by molar-refractivity contribution is 0.249. The first-order chi connectivity index (χ1) is 7.79. The molecule has 3 heteroatoms. The summed E-state index contributed by atoms with van der Waals surface area (Å²) in [7, 11) is 0. The number of likely N-dealkylation sites (tertiary alicyclic amines) is 1. The van der Waals surface area contributed by atoms with Crippen molar-refractivity contribution in [1.82, 2.24) is 10.2 Å². The lowest BCUT2D eigenvalue weighted by Crippen LogP contribution is -2.47. The van der Waals surface area contributed by atoms with Crippen LogP contribution >= 0.6 is 12.2 Å². The fourth-order valence-corrected chi connectivity index (χ4v) is 3.25. The Balaban J connectivity index is 1.79. The van der Waals surface area contributed by atoms with E-state index < -0.39 is 0 Å². The largest absolute Gasteiger partial charge is 0.360 e. The van der Waals surface area contributed by atoms with E-state index in [0.29, 0.717) is 6.04 Å². The SMILES string of the molecule is CCC1CCCN(C(=S)NC2CCCC2)C1. The maximum Gasteiger partial charge on any atom is 0.169 e. The monoisotopic (exact) mass is 240 g/mol. The first-order valence-corrected chi connectivity index (χ1v) is 7.26. The zero-order valence-electron chi connectivity index (χ0n) is 10.4. The van der Waals surface area contributed by atoms with Gasteiger partial charge in [-0.25, -0.2) is 0 Å². The van der Waals surface area contributed by atoms with Crippen LogP contribution in [0.15, 0.2) is 0 Å². The van der Waals surface area contributed by atoms with Crippen LogP contribution in [0.1, 0.15) is 51.9 Å². The molecule has 2 rings (SSSR count). The van der Waals surface area contributed by atoms with Crippen LogP contribution in [0.3, 0.4) is 0 Å². The van der Waals surface area contributed by atoms with Gasteiger partial charge in [0.1, 0.15) is 0 Å².